The topological polar surface area (TPSA) is 26.0 Å². The summed E-state index contributed by atoms with van der Waals surface area (Å²) in [5.74, 6) is 1.15. The Hall–Kier alpha value is -0.830. The summed E-state index contributed by atoms with van der Waals surface area (Å²) in [6.45, 7) is 6.30. The number of aryl methyl sites for hydroxylation is 1. The van der Waals surface area contributed by atoms with Crippen molar-refractivity contribution in [1.82, 2.24) is 4.98 Å². The number of hydrogen-bond donors (Lipinski definition) is 0. The van der Waals surface area contributed by atoms with Gasteiger partial charge in [-0.05, 0) is 24.1 Å². The van der Waals surface area contributed by atoms with Crippen LogP contribution in [0.2, 0.25) is 0 Å². The standard InChI is InChI=1S/C12H14BrNO/c1-4-8-5-9(13)6-10-11(8)15-12(14-10)7(2)3/h5-7H,4H2,1-3H3. The molecule has 0 aliphatic heterocycles. The molecule has 3 heteroatoms. The van der Waals surface area contributed by atoms with Gasteiger partial charge in [0.1, 0.15) is 5.52 Å². The molecule has 2 rings (SSSR count). The minimum atomic E-state index is 0.334. The van der Waals surface area contributed by atoms with Crippen LogP contribution in [0.1, 0.15) is 38.1 Å². The average molecular weight is 268 g/mol. The van der Waals surface area contributed by atoms with Gasteiger partial charge in [-0.2, -0.15) is 0 Å². The molecule has 0 saturated carbocycles. The van der Waals surface area contributed by atoms with Crippen LogP contribution in [0.3, 0.4) is 0 Å². The molecule has 0 atom stereocenters. The number of halogens is 1. The fourth-order valence-electron chi connectivity index (χ4n) is 1.59. The third-order valence-corrected chi connectivity index (χ3v) is 2.88. The number of aromatic nitrogens is 1. The van der Waals surface area contributed by atoms with Crippen LogP contribution in [0, 0.1) is 0 Å². The molecule has 1 aromatic heterocycles. The number of rotatable bonds is 2. The van der Waals surface area contributed by atoms with Crippen molar-refractivity contribution in [3.05, 3.63) is 28.1 Å². The average Bonchev–Trinajstić information content (AvgIpc) is 2.59. The molecule has 0 aliphatic rings. The number of hydrogen-bond acceptors (Lipinski definition) is 2. The second-order valence-corrected chi connectivity index (χ2v) is 4.89. The predicted octanol–water partition coefficient (Wildman–Crippen LogP) is 4.28. The molecule has 0 spiro atoms. The molecular weight excluding hydrogens is 254 g/mol. The molecule has 80 valence electrons. The van der Waals surface area contributed by atoms with Crippen molar-refractivity contribution < 1.29 is 4.42 Å². The Bertz CT molecular complexity index is 488. The van der Waals surface area contributed by atoms with Crippen molar-refractivity contribution in [2.45, 2.75) is 33.1 Å². The minimum Gasteiger partial charge on any atom is -0.440 e. The van der Waals surface area contributed by atoms with Crippen LogP contribution in [0.25, 0.3) is 11.1 Å². The second-order valence-electron chi connectivity index (χ2n) is 3.97. The highest BCUT2D eigenvalue weighted by atomic mass is 79.9. The third kappa shape index (κ3) is 1.93. The van der Waals surface area contributed by atoms with Crippen LogP contribution in [-0.2, 0) is 6.42 Å². The lowest BCUT2D eigenvalue weighted by Crippen LogP contribution is -1.84. The van der Waals surface area contributed by atoms with Crippen LogP contribution in [0.15, 0.2) is 21.0 Å². The Morgan fingerprint density at radius 3 is 2.73 bits per heavy atom. The van der Waals surface area contributed by atoms with E-state index >= 15 is 0 Å². The molecular formula is C12H14BrNO. The molecule has 0 amide bonds. The summed E-state index contributed by atoms with van der Waals surface area (Å²) in [5.41, 5.74) is 3.09. The van der Waals surface area contributed by atoms with Crippen LogP contribution in [0.4, 0.5) is 0 Å². The maximum atomic E-state index is 5.77. The molecule has 0 bridgehead atoms. The summed E-state index contributed by atoms with van der Waals surface area (Å²) in [5, 5.41) is 0. The Kier molecular flexibility index (Phi) is 2.83. The zero-order chi connectivity index (χ0) is 11.0. The highest BCUT2D eigenvalue weighted by Crippen LogP contribution is 2.27. The van der Waals surface area contributed by atoms with Crippen LogP contribution in [-0.4, -0.2) is 4.98 Å². The molecule has 1 heterocycles. The highest BCUT2D eigenvalue weighted by molar-refractivity contribution is 9.10. The summed E-state index contributed by atoms with van der Waals surface area (Å²) in [6, 6.07) is 4.10. The van der Waals surface area contributed by atoms with E-state index in [1.165, 1.54) is 5.56 Å². The third-order valence-electron chi connectivity index (χ3n) is 2.42. The van der Waals surface area contributed by atoms with Gasteiger partial charge < -0.3 is 4.42 Å². The van der Waals surface area contributed by atoms with E-state index in [0.29, 0.717) is 5.92 Å². The van der Waals surface area contributed by atoms with Crippen LogP contribution >= 0.6 is 15.9 Å². The molecule has 0 fully saturated rings. The summed E-state index contributed by atoms with van der Waals surface area (Å²) in [7, 11) is 0. The van der Waals surface area contributed by atoms with Gasteiger partial charge in [0, 0.05) is 10.4 Å². The van der Waals surface area contributed by atoms with E-state index in [1.54, 1.807) is 0 Å². The molecule has 0 saturated heterocycles. The van der Waals surface area contributed by atoms with Crippen molar-refractivity contribution in [3.8, 4) is 0 Å². The van der Waals surface area contributed by atoms with Gasteiger partial charge in [0.2, 0.25) is 0 Å². The molecule has 15 heavy (non-hydrogen) atoms. The first kappa shape index (κ1) is 10.7. The van der Waals surface area contributed by atoms with E-state index in [2.05, 4.69) is 47.8 Å². The van der Waals surface area contributed by atoms with Crippen molar-refractivity contribution in [2.24, 2.45) is 0 Å². The second kappa shape index (κ2) is 3.97. The normalized spacial score (nSPS) is 11.5. The molecule has 0 N–H and O–H groups in total. The SMILES string of the molecule is CCc1cc(Br)cc2nc(C(C)C)oc12. The van der Waals surface area contributed by atoms with Crippen molar-refractivity contribution in [3.63, 3.8) is 0 Å². The number of nitrogens with zero attached hydrogens (tertiary/aromatic N) is 1. The lowest BCUT2D eigenvalue weighted by atomic mass is 10.1. The fraction of sp³-hybridized carbons (Fsp3) is 0.417. The summed E-state index contributed by atoms with van der Waals surface area (Å²) in [4.78, 5) is 4.48. The Morgan fingerprint density at radius 2 is 2.13 bits per heavy atom. The molecule has 1 aromatic carbocycles. The van der Waals surface area contributed by atoms with Gasteiger partial charge in [0.05, 0.1) is 0 Å². The zero-order valence-electron chi connectivity index (χ0n) is 9.17. The van der Waals surface area contributed by atoms with Crippen LogP contribution in [0.5, 0.6) is 0 Å². The van der Waals surface area contributed by atoms with E-state index in [1.807, 2.05) is 6.07 Å². The van der Waals surface area contributed by atoms with E-state index in [-0.39, 0.29) is 0 Å². The van der Waals surface area contributed by atoms with Gasteiger partial charge in [-0.25, -0.2) is 4.98 Å². The van der Waals surface area contributed by atoms with Crippen molar-refractivity contribution in [2.75, 3.05) is 0 Å². The van der Waals surface area contributed by atoms with Crippen molar-refractivity contribution in [1.29, 1.82) is 0 Å². The van der Waals surface area contributed by atoms with Gasteiger partial charge in [-0.1, -0.05) is 36.7 Å². The predicted molar refractivity (Wildman–Crippen MR) is 65.2 cm³/mol. The summed E-state index contributed by atoms with van der Waals surface area (Å²) in [6.07, 6.45) is 0.961. The largest absolute Gasteiger partial charge is 0.440 e. The number of benzene rings is 1. The maximum absolute atomic E-state index is 5.77. The smallest absolute Gasteiger partial charge is 0.198 e. The van der Waals surface area contributed by atoms with E-state index in [9.17, 15) is 0 Å². The number of fused-ring (bicyclic) bond motifs is 1. The lowest BCUT2D eigenvalue weighted by Gasteiger charge is -1.98. The monoisotopic (exact) mass is 267 g/mol. The zero-order valence-corrected chi connectivity index (χ0v) is 10.8. The van der Waals surface area contributed by atoms with E-state index in [4.69, 9.17) is 4.42 Å². The maximum Gasteiger partial charge on any atom is 0.198 e. The molecule has 2 aromatic rings. The molecule has 2 nitrogen and oxygen atoms in total. The Labute approximate surface area is 97.8 Å². The Balaban J connectivity index is 2.68. The van der Waals surface area contributed by atoms with Crippen LogP contribution < -0.4 is 0 Å². The number of oxazole rings is 1. The molecule has 0 aliphatic carbocycles. The van der Waals surface area contributed by atoms with E-state index in [0.717, 1.165) is 27.9 Å². The van der Waals surface area contributed by atoms with Gasteiger partial charge in [0.25, 0.3) is 0 Å². The molecule has 0 radical (unpaired) electrons. The van der Waals surface area contributed by atoms with Gasteiger partial charge in [-0.3, -0.25) is 0 Å². The van der Waals surface area contributed by atoms with E-state index < -0.39 is 0 Å². The van der Waals surface area contributed by atoms with Gasteiger partial charge in [-0.15, -0.1) is 0 Å². The minimum absolute atomic E-state index is 0.334. The van der Waals surface area contributed by atoms with Gasteiger partial charge >= 0.3 is 0 Å². The summed E-state index contributed by atoms with van der Waals surface area (Å²) >= 11 is 3.49. The molecule has 0 unspecified atom stereocenters. The summed E-state index contributed by atoms with van der Waals surface area (Å²) < 4.78 is 6.84. The van der Waals surface area contributed by atoms with Gasteiger partial charge in [0.15, 0.2) is 11.5 Å². The first-order valence-corrected chi connectivity index (χ1v) is 6.00. The highest BCUT2D eigenvalue weighted by Gasteiger charge is 2.12. The Morgan fingerprint density at radius 1 is 1.40 bits per heavy atom. The fourth-order valence-corrected chi connectivity index (χ4v) is 2.08. The first-order chi connectivity index (χ1) is 7.11. The lowest BCUT2D eigenvalue weighted by molar-refractivity contribution is 0.499. The van der Waals surface area contributed by atoms with Crippen molar-refractivity contribution >= 4 is 27.0 Å². The quantitative estimate of drug-likeness (QED) is 0.812. The first-order valence-electron chi connectivity index (χ1n) is 5.20.